The van der Waals surface area contributed by atoms with Crippen molar-refractivity contribution in [1.82, 2.24) is 10.2 Å². The molecule has 20 heavy (non-hydrogen) atoms. The van der Waals surface area contributed by atoms with Gasteiger partial charge in [-0.3, -0.25) is 19.8 Å². The topological polar surface area (TPSA) is 75.7 Å². The van der Waals surface area contributed by atoms with E-state index in [1.807, 2.05) is 13.8 Å². The van der Waals surface area contributed by atoms with Gasteiger partial charge in [-0.1, -0.05) is 13.8 Å². The van der Waals surface area contributed by atoms with E-state index in [9.17, 15) is 14.4 Å². The third-order valence-electron chi connectivity index (χ3n) is 3.54. The van der Waals surface area contributed by atoms with Crippen molar-refractivity contribution in [3.63, 3.8) is 0 Å². The predicted molar refractivity (Wildman–Crippen MR) is 71.5 cm³/mol. The van der Waals surface area contributed by atoms with Gasteiger partial charge in [0.2, 0.25) is 11.8 Å². The first-order valence-electron chi connectivity index (χ1n) is 6.93. The molecule has 1 saturated heterocycles. The maximum absolute atomic E-state index is 12.3. The lowest BCUT2D eigenvalue weighted by molar-refractivity contribution is -0.121. The molecule has 2 rings (SSSR count). The summed E-state index contributed by atoms with van der Waals surface area (Å²) in [4.78, 5) is 37.5. The summed E-state index contributed by atoms with van der Waals surface area (Å²) in [7, 11) is 0. The van der Waals surface area contributed by atoms with Gasteiger partial charge in [0.05, 0.1) is 11.6 Å². The number of ether oxygens (including phenoxy) is 1. The molecule has 0 aromatic heterocycles. The number of hydrogen-bond donors (Lipinski definition) is 1. The lowest BCUT2D eigenvalue weighted by Gasteiger charge is -2.19. The number of nitrogens with one attached hydrogen (secondary N) is 1. The summed E-state index contributed by atoms with van der Waals surface area (Å²) in [5.74, 6) is -0.221. The molecular formula is C14H20N2O4. The van der Waals surface area contributed by atoms with Crippen molar-refractivity contribution in [3.05, 3.63) is 11.5 Å². The third kappa shape index (κ3) is 2.84. The van der Waals surface area contributed by atoms with Crippen molar-refractivity contribution in [2.45, 2.75) is 46.1 Å². The van der Waals surface area contributed by atoms with E-state index in [0.29, 0.717) is 25.0 Å². The van der Waals surface area contributed by atoms with E-state index in [0.717, 1.165) is 6.42 Å². The SMILES string of the molecule is CC1=C(NC(=O)CC(C)C)OC(=O)N2CCC[C@@H]2C1=O. The van der Waals surface area contributed by atoms with Gasteiger partial charge in [0.15, 0.2) is 5.78 Å². The molecule has 2 heterocycles. The number of fused-ring (bicyclic) bond motifs is 1. The van der Waals surface area contributed by atoms with Gasteiger partial charge < -0.3 is 4.74 Å². The normalized spacial score (nSPS) is 22.8. The quantitative estimate of drug-likeness (QED) is 0.851. The molecule has 2 aliphatic rings. The fourth-order valence-electron chi connectivity index (χ4n) is 2.51. The van der Waals surface area contributed by atoms with Gasteiger partial charge in [0, 0.05) is 13.0 Å². The maximum Gasteiger partial charge on any atom is 0.417 e. The highest BCUT2D eigenvalue weighted by Crippen LogP contribution is 2.26. The van der Waals surface area contributed by atoms with Gasteiger partial charge >= 0.3 is 6.09 Å². The molecule has 0 unspecified atom stereocenters. The van der Waals surface area contributed by atoms with E-state index in [1.165, 1.54) is 4.90 Å². The van der Waals surface area contributed by atoms with E-state index < -0.39 is 12.1 Å². The monoisotopic (exact) mass is 280 g/mol. The van der Waals surface area contributed by atoms with Crippen LogP contribution in [0.3, 0.4) is 0 Å². The Labute approximate surface area is 118 Å². The van der Waals surface area contributed by atoms with Crippen LogP contribution < -0.4 is 5.32 Å². The van der Waals surface area contributed by atoms with Crippen molar-refractivity contribution in [1.29, 1.82) is 0 Å². The minimum Gasteiger partial charge on any atom is -0.393 e. The van der Waals surface area contributed by atoms with Crippen LogP contribution in [0.4, 0.5) is 4.79 Å². The van der Waals surface area contributed by atoms with Crippen LogP contribution in [0.1, 0.15) is 40.0 Å². The number of hydrogen-bond acceptors (Lipinski definition) is 4. The lowest BCUT2D eigenvalue weighted by Crippen LogP contribution is -2.38. The standard InChI is InChI=1S/C14H20N2O4/c1-8(2)7-11(17)15-13-9(3)12(18)10-5-4-6-16(10)14(19)20-13/h8,10H,4-7H2,1-3H3,(H,15,17)/t10-/m1/s1. The van der Waals surface area contributed by atoms with Crippen molar-refractivity contribution in [2.75, 3.05) is 6.54 Å². The van der Waals surface area contributed by atoms with Crippen LogP contribution >= 0.6 is 0 Å². The molecule has 1 fully saturated rings. The molecule has 0 saturated carbocycles. The highest BCUT2D eigenvalue weighted by molar-refractivity contribution is 6.02. The summed E-state index contributed by atoms with van der Waals surface area (Å²) < 4.78 is 5.17. The Bertz CT molecular complexity index is 482. The first kappa shape index (κ1) is 14.6. The Balaban J connectivity index is 2.19. The zero-order valence-corrected chi connectivity index (χ0v) is 12.1. The minimum atomic E-state index is -0.558. The summed E-state index contributed by atoms with van der Waals surface area (Å²) in [5, 5.41) is 2.54. The maximum atomic E-state index is 12.3. The average Bonchev–Trinajstić information content (AvgIpc) is 2.81. The number of ketones is 1. The number of rotatable bonds is 3. The van der Waals surface area contributed by atoms with Gasteiger partial charge in [0.25, 0.3) is 0 Å². The molecule has 1 N–H and O–H groups in total. The number of amides is 2. The molecule has 2 aliphatic heterocycles. The smallest absolute Gasteiger partial charge is 0.393 e. The molecule has 6 heteroatoms. The second kappa shape index (κ2) is 5.64. The van der Waals surface area contributed by atoms with Crippen molar-refractivity contribution >= 4 is 17.8 Å². The second-order valence-electron chi connectivity index (χ2n) is 5.68. The molecule has 0 radical (unpaired) electrons. The highest BCUT2D eigenvalue weighted by atomic mass is 16.6. The molecule has 2 amide bonds. The van der Waals surface area contributed by atoms with Gasteiger partial charge in [-0.2, -0.15) is 0 Å². The van der Waals surface area contributed by atoms with E-state index in [4.69, 9.17) is 4.74 Å². The second-order valence-corrected chi connectivity index (χ2v) is 5.68. The Kier molecular flexibility index (Phi) is 4.11. The summed E-state index contributed by atoms with van der Waals surface area (Å²) in [6, 6.07) is -0.443. The van der Waals surface area contributed by atoms with E-state index >= 15 is 0 Å². The third-order valence-corrected chi connectivity index (χ3v) is 3.54. The lowest BCUT2D eigenvalue weighted by atomic mass is 10.0. The first-order valence-corrected chi connectivity index (χ1v) is 6.93. The summed E-state index contributed by atoms with van der Waals surface area (Å²) in [6.07, 6.45) is 1.21. The van der Waals surface area contributed by atoms with Crippen molar-refractivity contribution < 1.29 is 19.1 Å². The number of carbonyl (C=O) groups is 3. The van der Waals surface area contributed by atoms with E-state index in [1.54, 1.807) is 6.92 Å². The average molecular weight is 280 g/mol. The number of cyclic esters (lactones) is 1. The first-order chi connectivity index (χ1) is 9.40. The van der Waals surface area contributed by atoms with Gasteiger partial charge in [0.1, 0.15) is 0 Å². The fourth-order valence-corrected chi connectivity index (χ4v) is 2.51. The molecule has 110 valence electrons. The Hall–Kier alpha value is -1.85. The summed E-state index contributed by atoms with van der Waals surface area (Å²) >= 11 is 0. The Morgan fingerprint density at radius 1 is 1.45 bits per heavy atom. The van der Waals surface area contributed by atoms with Crippen LogP contribution in [-0.4, -0.2) is 35.3 Å². The minimum absolute atomic E-state index is 0.0138. The van der Waals surface area contributed by atoms with Gasteiger partial charge in [-0.15, -0.1) is 0 Å². The van der Waals surface area contributed by atoms with Crippen LogP contribution in [0.5, 0.6) is 0 Å². The summed E-state index contributed by atoms with van der Waals surface area (Å²) in [5.41, 5.74) is 0.310. The predicted octanol–water partition coefficient (Wildman–Crippen LogP) is 1.56. The van der Waals surface area contributed by atoms with E-state index in [2.05, 4.69) is 5.32 Å². The number of Topliss-reactive ketones (excluding diaryl/α,β-unsaturated/α-hetero) is 1. The van der Waals surface area contributed by atoms with Gasteiger partial charge in [-0.05, 0) is 25.7 Å². The van der Waals surface area contributed by atoms with Crippen LogP contribution in [0, 0.1) is 5.92 Å². The van der Waals surface area contributed by atoms with Crippen molar-refractivity contribution in [3.8, 4) is 0 Å². The van der Waals surface area contributed by atoms with Crippen LogP contribution in [0.2, 0.25) is 0 Å². The van der Waals surface area contributed by atoms with Crippen LogP contribution in [0.25, 0.3) is 0 Å². The molecular weight excluding hydrogens is 260 g/mol. The summed E-state index contributed by atoms with van der Waals surface area (Å²) in [6.45, 7) is 5.94. The molecule has 6 nitrogen and oxygen atoms in total. The highest BCUT2D eigenvalue weighted by Gasteiger charge is 2.40. The fraction of sp³-hybridized carbons (Fsp3) is 0.643. The van der Waals surface area contributed by atoms with E-state index in [-0.39, 0.29) is 23.5 Å². The number of carbonyl (C=O) groups excluding carboxylic acids is 3. The van der Waals surface area contributed by atoms with Crippen molar-refractivity contribution in [2.24, 2.45) is 5.92 Å². The molecule has 0 aromatic rings. The molecule has 0 aromatic carbocycles. The zero-order chi connectivity index (χ0) is 14.9. The number of nitrogens with zero attached hydrogens (tertiary/aromatic N) is 1. The van der Waals surface area contributed by atoms with Crippen LogP contribution in [-0.2, 0) is 14.3 Å². The zero-order valence-electron chi connectivity index (χ0n) is 12.1. The molecule has 0 spiro atoms. The largest absolute Gasteiger partial charge is 0.417 e. The van der Waals surface area contributed by atoms with Crippen LogP contribution in [0.15, 0.2) is 11.5 Å². The molecule has 0 bridgehead atoms. The molecule has 1 atom stereocenters. The van der Waals surface area contributed by atoms with Gasteiger partial charge in [-0.25, -0.2) is 4.79 Å². The Morgan fingerprint density at radius 2 is 2.15 bits per heavy atom. The molecule has 0 aliphatic carbocycles. The Morgan fingerprint density at radius 3 is 2.80 bits per heavy atom.